The van der Waals surface area contributed by atoms with Crippen molar-refractivity contribution in [3.8, 4) is 11.8 Å². The standard InChI is InChI=1S/C15H11ClF2N2O/c1-21-14-3-2-9(4-10(14)7-19)8-20-15-12(16)5-11(17)6-13(15)18/h2-6,20H,8H2,1H3. The lowest BCUT2D eigenvalue weighted by Gasteiger charge is -2.11. The van der Waals surface area contributed by atoms with Crippen LogP contribution in [-0.4, -0.2) is 7.11 Å². The highest BCUT2D eigenvalue weighted by Gasteiger charge is 2.10. The van der Waals surface area contributed by atoms with Crippen LogP contribution in [0.25, 0.3) is 0 Å². The van der Waals surface area contributed by atoms with Crippen LogP contribution >= 0.6 is 11.6 Å². The first-order valence-electron chi connectivity index (χ1n) is 6.00. The van der Waals surface area contributed by atoms with E-state index in [1.54, 1.807) is 18.2 Å². The van der Waals surface area contributed by atoms with Gasteiger partial charge in [0.25, 0.3) is 0 Å². The molecule has 6 heteroatoms. The minimum Gasteiger partial charge on any atom is -0.495 e. The predicted molar refractivity (Wildman–Crippen MR) is 76.4 cm³/mol. The molecular weight excluding hydrogens is 298 g/mol. The van der Waals surface area contributed by atoms with Gasteiger partial charge in [-0.1, -0.05) is 17.7 Å². The van der Waals surface area contributed by atoms with Crippen LogP contribution in [0.2, 0.25) is 5.02 Å². The summed E-state index contributed by atoms with van der Waals surface area (Å²) in [5, 5.41) is 11.8. The Hall–Kier alpha value is -2.32. The van der Waals surface area contributed by atoms with Gasteiger partial charge in [-0.2, -0.15) is 5.26 Å². The number of hydrogen-bond donors (Lipinski definition) is 1. The maximum atomic E-state index is 13.6. The topological polar surface area (TPSA) is 45.0 Å². The largest absolute Gasteiger partial charge is 0.495 e. The first-order chi connectivity index (χ1) is 10.0. The first kappa shape index (κ1) is 15.1. The molecular formula is C15H11ClF2N2O. The van der Waals surface area contributed by atoms with E-state index in [1.165, 1.54) is 7.11 Å². The number of methoxy groups -OCH3 is 1. The molecule has 0 unspecified atom stereocenters. The summed E-state index contributed by atoms with van der Waals surface area (Å²) in [5.41, 5.74) is 1.14. The van der Waals surface area contributed by atoms with Crippen LogP contribution in [0.3, 0.4) is 0 Å². The minimum atomic E-state index is -0.769. The van der Waals surface area contributed by atoms with Crippen LogP contribution in [-0.2, 0) is 6.54 Å². The van der Waals surface area contributed by atoms with Gasteiger partial charge in [-0.15, -0.1) is 0 Å². The van der Waals surface area contributed by atoms with E-state index in [-0.39, 0.29) is 17.3 Å². The van der Waals surface area contributed by atoms with Gasteiger partial charge < -0.3 is 10.1 Å². The molecule has 21 heavy (non-hydrogen) atoms. The van der Waals surface area contributed by atoms with E-state index in [9.17, 15) is 8.78 Å². The quantitative estimate of drug-likeness (QED) is 0.924. The fourth-order valence-electron chi connectivity index (χ4n) is 1.85. The van der Waals surface area contributed by atoms with Gasteiger partial charge in [0, 0.05) is 12.6 Å². The SMILES string of the molecule is COc1ccc(CNc2c(F)cc(F)cc2Cl)cc1C#N. The van der Waals surface area contributed by atoms with Gasteiger partial charge in [0.15, 0.2) is 5.82 Å². The summed E-state index contributed by atoms with van der Waals surface area (Å²) < 4.78 is 31.6. The minimum absolute atomic E-state index is 0.0207. The third-order valence-corrected chi connectivity index (χ3v) is 3.16. The molecule has 0 aliphatic heterocycles. The summed E-state index contributed by atoms with van der Waals surface area (Å²) in [7, 11) is 1.47. The molecule has 0 bridgehead atoms. The molecule has 2 aromatic rings. The Morgan fingerprint density at radius 3 is 2.67 bits per heavy atom. The average Bonchev–Trinajstić information content (AvgIpc) is 2.45. The zero-order valence-electron chi connectivity index (χ0n) is 11.1. The Morgan fingerprint density at radius 2 is 2.05 bits per heavy atom. The van der Waals surface area contributed by atoms with E-state index in [0.717, 1.165) is 17.7 Å². The van der Waals surface area contributed by atoms with Crippen molar-refractivity contribution in [2.75, 3.05) is 12.4 Å². The van der Waals surface area contributed by atoms with Crippen LogP contribution in [0.4, 0.5) is 14.5 Å². The molecule has 0 fully saturated rings. The van der Waals surface area contributed by atoms with Crippen molar-refractivity contribution in [3.05, 3.63) is 58.1 Å². The molecule has 0 aromatic heterocycles. The number of anilines is 1. The van der Waals surface area contributed by atoms with Crippen molar-refractivity contribution in [3.63, 3.8) is 0 Å². The number of nitrogens with zero attached hydrogens (tertiary/aromatic N) is 1. The second-order valence-electron chi connectivity index (χ2n) is 4.24. The van der Waals surface area contributed by atoms with Gasteiger partial charge >= 0.3 is 0 Å². The van der Waals surface area contributed by atoms with Gasteiger partial charge in [0.1, 0.15) is 17.6 Å². The van der Waals surface area contributed by atoms with E-state index < -0.39 is 11.6 Å². The normalized spacial score (nSPS) is 10.0. The molecule has 108 valence electrons. The monoisotopic (exact) mass is 308 g/mol. The highest BCUT2D eigenvalue weighted by atomic mass is 35.5. The smallest absolute Gasteiger partial charge is 0.150 e. The Balaban J connectivity index is 2.19. The molecule has 3 nitrogen and oxygen atoms in total. The molecule has 0 atom stereocenters. The Bertz CT molecular complexity index is 690. The molecule has 0 saturated carbocycles. The molecule has 2 rings (SSSR count). The van der Waals surface area contributed by atoms with Crippen molar-refractivity contribution in [1.29, 1.82) is 5.26 Å². The van der Waals surface area contributed by atoms with E-state index >= 15 is 0 Å². The third-order valence-electron chi connectivity index (χ3n) is 2.86. The fraction of sp³-hybridized carbons (Fsp3) is 0.133. The molecule has 0 aliphatic rings. The number of rotatable bonds is 4. The summed E-state index contributed by atoms with van der Waals surface area (Å²) in [4.78, 5) is 0. The van der Waals surface area contributed by atoms with Crippen LogP contribution in [0, 0.1) is 23.0 Å². The van der Waals surface area contributed by atoms with Crippen LogP contribution in [0.1, 0.15) is 11.1 Å². The second-order valence-corrected chi connectivity index (χ2v) is 4.65. The zero-order chi connectivity index (χ0) is 15.4. The summed E-state index contributed by atoms with van der Waals surface area (Å²) >= 11 is 5.79. The predicted octanol–water partition coefficient (Wildman–Crippen LogP) is 4.11. The van der Waals surface area contributed by atoms with Crippen LogP contribution < -0.4 is 10.1 Å². The van der Waals surface area contributed by atoms with Crippen molar-refractivity contribution < 1.29 is 13.5 Å². The van der Waals surface area contributed by atoms with Gasteiger partial charge in [-0.3, -0.25) is 0 Å². The Labute approximate surface area is 125 Å². The van der Waals surface area contributed by atoms with Gasteiger partial charge in [-0.25, -0.2) is 8.78 Å². The summed E-state index contributed by atoms with van der Waals surface area (Å²) in [6.45, 7) is 0.237. The summed E-state index contributed by atoms with van der Waals surface area (Å²) in [6.07, 6.45) is 0. The van der Waals surface area contributed by atoms with Crippen molar-refractivity contribution in [2.24, 2.45) is 0 Å². The molecule has 1 N–H and O–H groups in total. The highest BCUT2D eigenvalue weighted by Crippen LogP contribution is 2.27. The molecule has 0 spiro atoms. The van der Waals surface area contributed by atoms with Gasteiger partial charge in [0.2, 0.25) is 0 Å². The van der Waals surface area contributed by atoms with E-state index in [0.29, 0.717) is 11.3 Å². The third kappa shape index (κ3) is 3.41. The molecule has 0 heterocycles. The van der Waals surface area contributed by atoms with Crippen molar-refractivity contribution >= 4 is 17.3 Å². The maximum Gasteiger partial charge on any atom is 0.150 e. The highest BCUT2D eigenvalue weighted by molar-refractivity contribution is 6.33. The molecule has 0 aliphatic carbocycles. The summed E-state index contributed by atoms with van der Waals surface area (Å²) in [6, 6.07) is 8.81. The number of halogens is 3. The van der Waals surface area contributed by atoms with Crippen LogP contribution in [0.15, 0.2) is 30.3 Å². The lowest BCUT2D eigenvalue weighted by molar-refractivity contribution is 0.413. The lowest BCUT2D eigenvalue weighted by Crippen LogP contribution is -2.03. The average molecular weight is 309 g/mol. The molecule has 0 amide bonds. The van der Waals surface area contributed by atoms with E-state index in [1.807, 2.05) is 6.07 Å². The lowest BCUT2D eigenvalue weighted by atomic mass is 10.1. The first-order valence-corrected chi connectivity index (χ1v) is 6.38. The number of ether oxygens (including phenoxy) is 1. The number of nitriles is 1. The van der Waals surface area contributed by atoms with Crippen LogP contribution in [0.5, 0.6) is 5.75 Å². The van der Waals surface area contributed by atoms with Crippen molar-refractivity contribution in [1.82, 2.24) is 0 Å². The van der Waals surface area contributed by atoms with E-state index in [2.05, 4.69) is 5.32 Å². The fourth-order valence-corrected chi connectivity index (χ4v) is 2.12. The van der Waals surface area contributed by atoms with Gasteiger partial charge in [0.05, 0.1) is 23.4 Å². The number of benzene rings is 2. The zero-order valence-corrected chi connectivity index (χ0v) is 11.8. The molecule has 0 saturated heterocycles. The summed E-state index contributed by atoms with van der Waals surface area (Å²) in [5.74, 6) is -1.04. The second kappa shape index (κ2) is 6.42. The Kier molecular flexibility index (Phi) is 4.61. The number of nitrogens with one attached hydrogen (secondary N) is 1. The van der Waals surface area contributed by atoms with E-state index in [4.69, 9.17) is 21.6 Å². The number of hydrogen-bond acceptors (Lipinski definition) is 3. The van der Waals surface area contributed by atoms with Gasteiger partial charge in [-0.05, 0) is 23.8 Å². The molecule has 0 radical (unpaired) electrons. The molecule has 2 aromatic carbocycles. The maximum absolute atomic E-state index is 13.6. The Morgan fingerprint density at radius 1 is 1.29 bits per heavy atom. The van der Waals surface area contributed by atoms with Crippen molar-refractivity contribution in [2.45, 2.75) is 6.54 Å².